The molecular formula is C15H10ClIN2O2S. The predicted octanol–water partition coefficient (Wildman–Crippen LogP) is 4.82. The van der Waals surface area contributed by atoms with Crippen molar-refractivity contribution in [2.24, 2.45) is 0 Å². The molecule has 0 spiro atoms. The summed E-state index contributed by atoms with van der Waals surface area (Å²) in [6.45, 7) is 0. The predicted molar refractivity (Wildman–Crippen MR) is 98.3 cm³/mol. The number of fused-ring (bicyclic) bond motifs is 1. The van der Waals surface area contributed by atoms with Crippen molar-refractivity contribution in [2.75, 3.05) is 12.4 Å². The van der Waals surface area contributed by atoms with Crippen molar-refractivity contribution in [1.82, 2.24) is 4.98 Å². The second-order valence-corrected chi connectivity index (χ2v) is 7.03. The molecule has 3 aromatic rings. The quantitative estimate of drug-likeness (QED) is 0.590. The Morgan fingerprint density at radius 2 is 2.18 bits per heavy atom. The van der Waals surface area contributed by atoms with Gasteiger partial charge in [-0.15, -0.1) is 0 Å². The Labute approximate surface area is 149 Å². The number of halogens is 2. The molecule has 0 fully saturated rings. The van der Waals surface area contributed by atoms with E-state index in [9.17, 15) is 4.79 Å². The van der Waals surface area contributed by atoms with Crippen LogP contribution in [0.1, 0.15) is 10.4 Å². The van der Waals surface area contributed by atoms with Gasteiger partial charge in [-0.05, 0) is 52.9 Å². The van der Waals surface area contributed by atoms with Crippen molar-refractivity contribution in [3.05, 3.63) is 50.6 Å². The van der Waals surface area contributed by atoms with Crippen molar-refractivity contribution in [3.63, 3.8) is 0 Å². The molecule has 0 unspecified atom stereocenters. The molecule has 0 aliphatic heterocycles. The van der Waals surface area contributed by atoms with Gasteiger partial charge in [-0.2, -0.15) is 0 Å². The van der Waals surface area contributed by atoms with Gasteiger partial charge < -0.3 is 4.74 Å². The number of nitrogens with one attached hydrogen (secondary N) is 1. The molecule has 4 nitrogen and oxygen atoms in total. The van der Waals surface area contributed by atoms with E-state index in [1.54, 1.807) is 25.3 Å². The van der Waals surface area contributed by atoms with Gasteiger partial charge in [-0.25, -0.2) is 4.98 Å². The Morgan fingerprint density at radius 3 is 2.95 bits per heavy atom. The van der Waals surface area contributed by atoms with E-state index < -0.39 is 0 Å². The number of thiazole rings is 1. The first-order chi connectivity index (χ1) is 10.6. The van der Waals surface area contributed by atoms with Gasteiger partial charge in [-0.1, -0.05) is 29.0 Å². The topological polar surface area (TPSA) is 51.2 Å². The van der Waals surface area contributed by atoms with Crippen LogP contribution in [0.3, 0.4) is 0 Å². The normalized spacial score (nSPS) is 10.7. The van der Waals surface area contributed by atoms with E-state index >= 15 is 0 Å². The summed E-state index contributed by atoms with van der Waals surface area (Å²) in [6.07, 6.45) is 0. The lowest BCUT2D eigenvalue weighted by Gasteiger charge is -2.04. The van der Waals surface area contributed by atoms with Crippen LogP contribution in [0.15, 0.2) is 36.4 Å². The number of benzene rings is 2. The van der Waals surface area contributed by atoms with Crippen LogP contribution < -0.4 is 10.1 Å². The van der Waals surface area contributed by atoms with Gasteiger partial charge in [-0.3, -0.25) is 10.1 Å². The van der Waals surface area contributed by atoms with Gasteiger partial charge in [0.2, 0.25) is 0 Å². The van der Waals surface area contributed by atoms with Gasteiger partial charge in [0.05, 0.1) is 17.4 Å². The molecule has 7 heteroatoms. The molecule has 112 valence electrons. The van der Waals surface area contributed by atoms with E-state index in [0.717, 1.165) is 13.8 Å². The molecule has 0 aliphatic rings. The molecule has 1 aromatic heterocycles. The van der Waals surface area contributed by atoms with Gasteiger partial charge >= 0.3 is 0 Å². The number of methoxy groups -OCH3 is 1. The first-order valence-electron chi connectivity index (χ1n) is 6.28. The first-order valence-corrected chi connectivity index (χ1v) is 8.56. The molecule has 22 heavy (non-hydrogen) atoms. The highest BCUT2D eigenvalue weighted by Gasteiger charge is 2.14. The lowest BCUT2D eigenvalue weighted by Crippen LogP contribution is -2.13. The van der Waals surface area contributed by atoms with Crippen molar-refractivity contribution < 1.29 is 9.53 Å². The van der Waals surface area contributed by atoms with Crippen molar-refractivity contribution in [3.8, 4) is 5.75 Å². The van der Waals surface area contributed by atoms with Crippen LogP contribution >= 0.6 is 45.5 Å². The molecule has 1 heterocycles. The van der Waals surface area contributed by atoms with Crippen LogP contribution in [0.25, 0.3) is 10.2 Å². The molecule has 0 aliphatic carbocycles. The lowest BCUT2D eigenvalue weighted by molar-refractivity contribution is 0.102. The fourth-order valence-corrected chi connectivity index (χ4v) is 3.61. The molecule has 2 aromatic carbocycles. The Bertz CT molecular complexity index is 866. The smallest absolute Gasteiger partial charge is 0.258 e. The van der Waals surface area contributed by atoms with E-state index in [1.165, 1.54) is 11.3 Å². The zero-order chi connectivity index (χ0) is 15.7. The van der Waals surface area contributed by atoms with Crippen LogP contribution in [-0.4, -0.2) is 18.0 Å². The van der Waals surface area contributed by atoms with Gasteiger partial charge in [0.15, 0.2) is 5.13 Å². The lowest BCUT2D eigenvalue weighted by atomic mass is 10.2. The number of carbonyl (C=O) groups excluding carboxylic acids is 1. The molecule has 0 saturated heterocycles. The Morgan fingerprint density at radius 1 is 1.36 bits per heavy atom. The Kier molecular flexibility index (Phi) is 4.51. The average Bonchev–Trinajstić information content (AvgIpc) is 2.91. The highest BCUT2D eigenvalue weighted by atomic mass is 127. The van der Waals surface area contributed by atoms with Crippen molar-refractivity contribution >= 4 is 66.8 Å². The maximum absolute atomic E-state index is 12.4. The Hall–Kier alpha value is -1.38. The zero-order valence-electron chi connectivity index (χ0n) is 11.4. The van der Waals surface area contributed by atoms with Gasteiger partial charge in [0.25, 0.3) is 5.91 Å². The molecule has 1 amide bonds. The van der Waals surface area contributed by atoms with Crippen LogP contribution in [0, 0.1) is 3.57 Å². The third kappa shape index (κ3) is 3.04. The minimum Gasteiger partial charge on any atom is -0.494 e. The largest absolute Gasteiger partial charge is 0.494 e. The number of anilines is 1. The fraction of sp³-hybridized carbons (Fsp3) is 0.0667. The maximum atomic E-state index is 12.4. The standard InChI is InChI=1S/C15H10ClIN2O2S/c1-21-11-3-2-4-12-13(11)18-15(22-12)19-14(20)9-7-8(16)5-6-10(9)17/h2-7H,1H3,(H,18,19,20). The number of ether oxygens (including phenoxy) is 1. The number of carbonyl (C=O) groups is 1. The SMILES string of the molecule is COc1cccc2sc(NC(=O)c3cc(Cl)ccc3I)nc12. The molecule has 3 rings (SSSR count). The van der Waals surface area contributed by atoms with E-state index in [1.807, 2.05) is 18.2 Å². The summed E-state index contributed by atoms with van der Waals surface area (Å²) in [5.41, 5.74) is 1.27. The van der Waals surface area contributed by atoms with Crippen LogP contribution in [-0.2, 0) is 0 Å². The molecule has 0 saturated carbocycles. The molecular weight excluding hydrogens is 435 g/mol. The van der Waals surface area contributed by atoms with Crippen molar-refractivity contribution in [2.45, 2.75) is 0 Å². The third-order valence-corrected chi connectivity index (χ3v) is 5.11. The summed E-state index contributed by atoms with van der Waals surface area (Å²) in [7, 11) is 1.60. The summed E-state index contributed by atoms with van der Waals surface area (Å²) in [4.78, 5) is 16.8. The Balaban J connectivity index is 1.93. The fourth-order valence-electron chi connectivity index (χ4n) is 1.98. The number of hydrogen-bond donors (Lipinski definition) is 1. The summed E-state index contributed by atoms with van der Waals surface area (Å²) in [5, 5.41) is 3.87. The highest BCUT2D eigenvalue weighted by Crippen LogP contribution is 2.32. The molecule has 1 N–H and O–H groups in total. The third-order valence-electron chi connectivity index (χ3n) is 3.00. The minimum atomic E-state index is -0.232. The molecule has 0 bridgehead atoms. The van der Waals surface area contributed by atoms with Gasteiger partial charge in [0.1, 0.15) is 11.3 Å². The maximum Gasteiger partial charge on any atom is 0.258 e. The molecule has 0 atom stereocenters. The number of hydrogen-bond acceptors (Lipinski definition) is 4. The van der Waals surface area contributed by atoms with E-state index in [4.69, 9.17) is 16.3 Å². The van der Waals surface area contributed by atoms with Crippen LogP contribution in [0.5, 0.6) is 5.75 Å². The zero-order valence-corrected chi connectivity index (χ0v) is 15.1. The summed E-state index contributed by atoms with van der Waals surface area (Å²) in [6, 6.07) is 10.9. The number of para-hydroxylation sites is 1. The summed E-state index contributed by atoms with van der Waals surface area (Å²) in [5.74, 6) is 0.455. The van der Waals surface area contributed by atoms with E-state index in [-0.39, 0.29) is 5.91 Å². The minimum absolute atomic E-state index is 0.232. The van der Waals surface area contributed by atoms with Crippen LogP contribution in [0.4, 0.5) is 5.13 Å². The van der Waals surface area contributed by atoms with Gasteiger partial charge in [0, 0.05) is 8.59 Å². The van der Waals surface area contributed by atoms with Crippen LogP contribution in [0.2, 0.25) is 5.02 Å². The number of amides is 1. The van der Waals surface area contributed by atoms with E-state index in [0.29, 0.717) is 21.5 Å². The number of nitrogens with zero attached hydrogens (tertiary/aromatic N) is 1. The van der Waals surface area contributed by atoms with E-state index in [2.05, 4.69) is 32.9 Å². The molecule has 0 radical (unpaired) electrons. The average molecular weight is 445 g/mol. The highest BCUT2D eigenvalue weighted by molar-refractivity contribution is 14.1. The summed E-state index contributed by atoms with van der Waals surface area (Å²) >= 11 is 9.46. The second-order valence-electron chi connectivity index (χ2n) is 4.40. The number of rotatable bonds is 3. The summed E-state index contributed by atoms with van der Waals surface area (Å²) < 4.78 is 7.06. The number of aromatic nitrogens is 1. The second kappa shape index (κ2) is 6.39. The monoisotopic (exact) mass is 444 g/mol. The van der Waals surface area contributed by atoms with Crippen molar-refractivity contribution in [1.29, 1.82) is 0 Å². The first kappa shape index (κ1) is 15.5.